The Morgan fingerprint density at radius 3 is 2.60 bits per heavy atom. The summed E-state index contributed by atoms with van der Waals surface area (Å²) in [7, 11) is 0. The molecule has 5 aromatic rings. The molecule has 17 heteroatoms. The maximum Gasteiger partial charge on any atom is 0.446 e. The number of tetrazole rings is 1. The maximum atomic E-state index is 13.3. The second-order valence-electron chi connectivity index (χ2n) is 11.1. The first-order valence-corrected chi connectivity index (χ1v) is 15.7. The Kier molecular flexibility index (Phi) is 10.6. The van der Waals surface area contributed by atoms with Gasteiger partial charge in [0.05, 0.1) is 11.7 Å². The van der Waals surface area contributed by atoms with Crippen molar-refractivity contribution in [1.29, 1.82) is 0 Å². The van der Waals surface area contributed by atoms with Crippen molar-refractivity contribution in [2.75, 3.05) is 13.1 Å². The summed E-state index contributed by atoms with van der Waals surface area (Å²) in [5.74, 6) is 0.468. The quantitative estimate of drug-likeness (QED) is 0.0439. The van der Waals surface area contributed by atoms with Crippen LogP contribution in [-0.4, -0.2) is 65.8 Å². The van der Waals surface area contributed by atoms with Crippen molar-refractivity contribution in [3.8, 4) is 16.9 Å². The smallest absolute Gasteiger partial charge is 0.370 e. The number of alkyl halides is 3. The van der Waals surface area contributed by atoms with Gasteiger partial charge in [-0.15, -0.1) is 10.2 Å². The van der Waals surface area contributed by atoms with Crippen LogP contribution in [0.2, 0.25) is 0 Å². The van der Waals surface area contributed by atoms with Crippen molar-refractivity contribution in [2.45, 2.75) is 55.1 Å². The Hall–Kier alpha value is -4.74. The molecule has 2 aromatic carbocycles. The first-order valence-electron chi connectivity index (χ1n) is 14.9. The number of aromatic amines is 2. The summed E-state index contributed by atoms with van der Waals surface area (Å²) >= 11 is -0.158. The van der Waals surface area contributed by atoms with Crippen LogP contribution < -0.4 is 28.2 Å². The molecule has 0 saturated carbocycles. The van der Waals surface area contributed by atoms with Gasteiger partial charge in [0.15, 0.2) is 11.8 Å². The monoisotopic (exact) mass is 668 g/mol. The molecule has 0 aliphatic heterocycles. The molecule has 47 heavy (non-hydrogen) atoms. The molecule has 248 valence electrons. The predicted molar refractivity (Wildman–Crippen MR) is 175 cm³/mol. The Bertz CT molecular complexity index is 1860. The van der Waals surface area contributed by atoms with Gasteiger partial charge in [-0.3, -0.25) is 9.56 Å². The Balaban J connectivity index is 1.40. The van der Waals surface area contributed by atoms with Crippen molar-refractivity contribution in [2.24, 2.45) is 22.2 Å². The summed E-state index contributed by atoms with van der Waals surface area (Å²) in [4.78, 5) is 24.5. The van der Waals surface area contributed by atoms with Gasteiger partial charge >= 0.3 is 11.2 Å². The summed E-state index contributed by atoms with van der Waals surface area (Å²) in [5.41, 5.74) is 15.3. The number of rotatable bonds is 14. The van der Waals surface area contributed by atoms with E-state index in [0.717, 1.165) is 24.0 Å². The van der Waals surface area contributed by atoms with Gasteiger partial charge in [-0.2, -0.15) is 23.4 Å². The topological polar surface area (TPSA) is 208 Å². The minimum Gasteiger partial charge on any atom is -0.370 e. The zero-order valence-electron chi connectivity index (χ0n) is 25.5. The van der Waals surface area contributed by atoms with Crippen LogP contribution in [0.5, 0.6) is 0 Å². The van der Waals surface area contributed by atoms with E-state index in [0.29, 0.717) is 59.7 Å². The number of hydrogen-bond donors (Lipinski definition) is 6. The molecule has 3 heterocycles. The molecule has 0 aliphatic rings. The minimum atomic E-state index is -4.43. The van der Waals surface area contributed by atoms with E-state index in [-0.39, 0.29) is 34.7 Å². The lowest BCUT2D eigenvalue weighted by Crippen LogP contribution is -2.26. The molecule has 0 aliphatic carbocycles. The SMILES string of the molecule is C[C@H](N)CCCc1cc(SC(F)(F)F)cc(-c2cc3cn(-c4ccc([C@@H](NCCCN=C(N)N)c5nn[nH]n5)cc4)c(=O)nc3[nH]2)c1. The fraction of sp³-hybridized carbons (Fsp3) is 0.333. The highest BCUT2D eigenvalue weighted by atomic mass is 32.2. The van der Waals surface area contributed by atoms with Crippen LogP contribution in [0.3, 0.4) is 0 Å². The number of nitrogens with one attached hydrogen (secondary N) is 3. The van der Waals surface area contributed by atoms with Gasteiger partial charge in [0, 0.05) is 34.8 Å². The fourth-order valence-electron chi connectivity index (χ4n) is 5.13. The number of thioether (sulfide) groups is 1. The molecule has 2 atom stereocenters. The fourth-order valence-corrected chi connectivity index (χ4v) is 5.79. The molecule has 0 saturated heterocycles. The van der Waals surface area contributed by atoms with E-state index in [1.165, 1.54) is 10.6 Å². The number of aryl methyl sites for hydroxylation is 1. The predicted octanol–water partition coefficient (Wildman–Crippen LogP) is 3.52. The third-order valence-electron chi connectivity index (χ3n) is 7.25. The highest BCUT2D eigenvalue weighted by Gasteiger charge is 2.29. The third-order valence-corrected chi connectivity index (χ3v) is 7.95. The number of fused-ring (bicyclic) bond motifs is 1. The Morgan fingerprint density at radius 2 is 1.91 bits per heavy atom. The lowest BCUT2D eigenvalue weighted by Gasteiger charge is -2.16. The molecule has 0 spiro atoms. The molecule has 0 unspecified atom stereocenters. The van der Waals surface area contributed by atoms with Crippen LogP contribution in [0.25, 0.3) is 28.0 Å². The molecule has 9 N–H and O–H groups in total. The standard InChI is InChI=1S/C30H35F3N12OS/c1-17(34)4-2-5-18-12-20(14-23(13-18)47-30(31,32)33)24-15-21-16-45(29(46)40-26(21)39-24)22-8-6-19(7-9-22)25(27-41-43-44-42-27)37-10-3-11-38-28(35)36/h6-9,12-17,25,37H,2-5,10-11,34H2,1H3,(H4,35,36,38)(H,39,40,46)(H,41,42,43,44)/t17-,25+/m0/s1. The van der Waals surface area contributed by atoms with E-state index >= 15 is 0 Å². The third kappa shape index (κ3) is 9.17. The van der Waals surface area contributed by atoms with E-state index in [9.17, 15) is 18.0 Å². The van der Waals surface area contributed by atoms with E-state index in [2.05, 4.69) is 40.9 Å². The van der Waals surface area contributed by atoms with E-state index in [1.54, 1.807) is 30.5 Å². The molecule has 13 nitrogen and oxygen atoms in total. The van der Waals surface area contributed by atoms with Gasteiger partial charge in [-0.1, -0.05) is 17.3 Å². The van der Waals surface area contributed by atoms with Gasteiger partial charge in [-0.25, -0.2) is 4.79 Å². The van der Waals surface area contributed by atoms with Crippen LogP contribution in [0.1, 0.15) is 49.2 Å². The second kappa shape index (κ2) is 14.8. The lowest BCUT2D eigenvalue weighted by atomic mass is 10.0. The van der Waals surface area contributed by atoms with Crippen molar-refractivity contribution in [1.82, 2.24) is 40.5 Å². The van der Waals surface area contributed by atoms with E-state index in [4.69, 9.17) is 17.2 Å². The summed E-state index contributed by atoms with van der Waals surface area (Å²) in [6.45, 7) is 2.92. The Morgan fingerprint density at radius 1 is 1.13 bits per heavy atom. The summed E-state index contributed by atoms with van der Waals surface area (Å²) in [6, 6.07) is 13.5. The van der Waals surface area contributed by atoms with Crippen LogP contribution in [0.15, 0.2) is 69.4 Å². The number of nitrogens with two attached hydrogens (primary N) is 3. The normalized spacial score (nSPS) is 13.1. The number of aromatic nitrogens is 7. The van der Waals surface area contributed by atoms with Crippen LogP contribution in [-0.2, 0) is 6.42 Å². The van der Waals surface area contributed by atoms with Crippen molar-refractivity contribution in [3.63, 3.8) is 0 Å². The highest BCUT2D eigenvalue weighted by Crippen LogP contribution is 2.39. The molecule has 0 bridgehead atoms. The van der Waals surface area contributed by atoms with Crippen molar-refractivity contribution >= 4 is 28.8 Å². The van der Waals surface area contributed by atoms with E-state index in [1.807, 2.05) is 25.1 Å². The first-order chi connectivity index (χ1) is 22.4. The zero-order valence-corrected chi connectivity index (χ0v) is 26.3. The number of aliphatic imine (C=N–C) groups is 1. The highest BCUT2D eigenvalue weighted by molar-refractivity contribution is 8.00. The number of nitrogens with zero attached hydrogens (tertiary/aromatic N) is 6. The van der Waals surface area contributed by atoms with Gasteiger partial charge in [0.25, 0.3) is 0 Å². The second-order valence-corrected chi connectivity index (χ2v) is 12.2. The Labute approximate surface area is 271 Å². The lowest BCUT2D eigenvalue weighted by molar-refractivity contribution is -0.0328. The number of benzene rings is 2. The molecule has 3 aromatic heterocycles. The van der Waals surface area contributed by atoms with Gasteiger partial charge in [0.2, 0.25) is 0 Å². The maximum absolute atomic E-state index is 13.3. The molecular weight excluding hydrogens is 633 g/mol. The van der Waals surface area contributed by atoms with Gasteiger partial charge in [0.1, 0.15) is 5.65 Å². The number of hydrogen-bond acceptors (Lipinski definition) is 9. The number of guanidine groups is 1. The van der Waals surface area contributed by atoms with Crippen LogP contribution in [0, 0.1) is 0 Å². The van der Waals surface area contributed by atoms with Crippen molar-refractivity contribution in [3.05, 3.63) is 82.2 Å². The minimum absolute atomic E-state index is 0.00242. The molecule has 0 fully saturated rings. The number of halogens is 3. The largest absolute Gasteiger partial charge is 0.446 e. The van der Waals surface area contributed by atoms with Crippen LogP contribution in [0.4, 0.5) is 13.2 Å². The van der Waals surface area contributed by atoms with Gasteiger partial charge < -0.3 is 27.5 Å². The van der Waals surface area contributed by atoms with Gasteiger partial charge in [-0.05, 0) is 104 Å². The van der Waals surface area contributed by atoms with E-state index < -0.39 is 11.2 Å². The van der Waals surface area contributed by atoms with Crippen LogP contribution >= 0.6 is 11.8 Å². The van der Waals surface area contributed by atoms with Crippen molar-refractivity contribution < 1.29 is 13.2 Å². The average molecular weight is 669 g/mol. The molecule has 5 rings (SSSR count). The summed E-state index contributed by atoms with van der Waals surface area (Å²) < 4.78 is 41.3. The molecule has 0 amide bonds. The zero-order chi connectivity index (χ0) is 33.6. The molecule has 0 radical (unpaired) electrons. The summed E-state index contributed by atoms with van der Waals surface area (Å²) in [5, 5.41) is 18.4. The molecular formula is C30H35F3N12OS. The first kappa shape index (κ1) is 33.6. The average Bonchev–Trinajstić information content (AvgIpc) is 3.68. The summed E-state index contributed by atoms with van der Waals surface area (Å²) in [6.07, 6.45) is 4.40. The number of H-pyrrole nitrogens is 2.